The summed E-state index contributed by atoms with van der Waals surface area (Å²) in [6, 6.07) is 21.7. The summed E-state index contributed by atoms with van der Waals surface area (Å²) in [5.41, 5.74) is 4.78. The molecule has 3 heterocycles. The van der Waals surface area contributed by atoms with Gasteiger partial charge >= 0.3 is 0 Å². The molecule has 0 atom stereocenters. The number of carbonyl (C=O) groups excluding carboxylic acids is 1. The number of benzene rings is 2. The van der Waals surface area contributed by atoms with Crippen molar-refractivity contribution in [3.05, 3.63) is 83.6 Å². The van der Waals surface area contributed by atoms with Crippen molar-refractivity contribution in [1.29, 1.82) is 0 Å². The summed E-state index contributed by atoms with van der Waals surface area (Å²) in [4.78, 5) is 17.5. The Kier molecular flexibility index (Phi) is 7.74. The molecule has 1 aliphatic heterocycles. The van der Waals surface area contributed by atoms with Crippen molar-refractivity contribution in [2.45, 2.75) is 59.2 Å². The summed E-state index contributed by atoms with van der Waals surface area (Å²) in [5, 5.41) is 13.3. The van der Waals surface area contributed by atoms with Gasteiger partial charge in [-0.3, -0.25) is 14.3 Å². The van der Waals surface area contributed by atoms with Gasteiger partial charge in [0.1, 0.15) is 0 Å². The summed E-state index contributed by atoms with van der Waals surface area (Å²) in [6.07, 6.45) is 3.37. The molecule has 0 saturated carbocycles. The van der Waals surface area contributed by atoms with Crippen LogP contribution in [0.2, 0.25) is 0 Å². The average Bonchev–Trinajstić information content (AvgIpc) is 3.28. The van der Waals surface area contributed by atoms with Gasteiger partial charge in [0.15, 0.2) is 11.6 Å². The van der Waals surface area contributed by atoms with E-state index in [-0.39, 0.29) is 5.91 Å². The predicted octanol–water partition coefficient (Wildman–Crippen LogP) is 4.76. The zero-order chi connectivity index (χ0) is 26.6. The molecule has 38 heavy (non-hydrogen) atoms. The van der Waals surface area contributed by atoms with Gasteiger partial charge in [0.2, 0.25) is 5.91 Å². The van der Waals surface area contributed by atoms with Gasteiger partial charge in [0.25, 0.3) is 0 Å². The Balaban J connectivity index is 1.29. The van der Waals surface area contributed by atoms with Gasteiger partial charge in [-0.2, -0.15) is 0 Å². The maximum absolute atomic E-state index is 12.9. The molecule has 1 aliphatic rings. The molecule has 0 unspecified atom stereocenters. The first kappa shape index (κ1) is 25.9. The number of nitrogens with one attached hydrogen (secondary N) is 1. The fraction of sp³-hybridized carbons (Fsp3) is 0.387. The number of para-hydroxylation sites is 1. The van der Waals surface area contributed by atoms with Crippen LogP contribution in [-0.4, -0.2) is 57.3 Å². The van der Waals surface area contributed by atoms with Crippen LogP contribution in [0.3, 0.4) is 0 Å². The minimum Gasteiger partial charge on any atom is -0.355 e. The number of fused-ring (bicyclic) bond motifs is 2. The third kappa shape index (κ3) is 5.58. The number of amides is 1. The predicted molar refractivity (Wildman–Crippen MR) is 154 cm³/mol. The molecule has 2 aromatic heterocycles. The van der Waals surface area contributed by atoms with Crippen molar-refractivity contribution in [3.8, 4) is 5.82 Å². The normalized spacial score (nSPS) is 13.5. The lowest BCUT2D eigenvalue weighted by molar-refractivity contribution is -0.120. The van der Waals surface area contributed by atoms with E-state index >= 15 is 0 Å². The Morgan fingerprint density at radius 1 is 0.921 bits per heavy atom. The molecule has 0 radical (unpaired) electrons. The van der Waals surface area contributed by atoms with Gasteiger partial charge in [0.05, 0.1) is 11.9 Å². The second-order valence-corrected chi connectivity index (χ2v) is 10.7. The number of aromatic nitrogens is 3. The van der Waals surface area contributed by atoms with Gasteiger partial charge in [0, 0.05) is 49.8 Å². The Bertz CT molecular complexity index is 1380. The van der Waals surface area contributed by atoms with Crippen LogP contribution in [0.5, 0.6) is 0 Å². The van der Waals surface area contributed by atoms with Crippen molar-refractivity contribution in [2.75, 3.05) is 24.5 Å². The fourth-order valence-electron chi connectivity index (χ4n) is 5.56. The minimum absolute atomic E-state index is 0.0344. The van der Waals surface area contributed by atoms with Crippen LogP contribution >= 0.6 is 0 Å². The topological polar surface area (TPSA) is 66.3 Å². The molecular weight excluding hydrogens is 472 g/mol. The molecule has 1 amide bonds. The van der Waals surface area contributed by atoms with Crippen molar-refractivity contribution in [3.63, 3.8) is 0 Å². The number of hydrogen-bond acceptors (Lipinski definition) is 5. The molecule has 5 rings (SSSR count). The van der Waals surface area contributed by atoms with Crippen molar-refractivity contribution in [1.82, 2.24) is 25.0 Å². The third-order valence-electron chi connectivity index (χ3n) is 7.50. The summed E-state index contributed by atoms with van der Waals surface area (Å²) in [6.45, 7) is 12.0. The van der Waals surface area contributed by atoms with E-state index < -0.39 is 0 Å². The van der Waals surface area contributed by atoms with Gasteiger partial charge < -0.3 is 10.2 Å². The highest BCUT2D eigenvalue weighted by Gasteiger charge is 2.19. The van der Waals surface area contributed by atoms with Gasteiger partial charge in [-0.15, -0.1) is 10.2 Å². The van der Waals surface area contributed by atoms with Crippen LogP contribution in [0, 0.1) is 0 Å². The Labute approximate surface area is 225 Å². The Morgan fingerprint density at radius 2 is 1.61 bits per heavy atom. The van der Waals surface area contributed by atoms with Crippen LogP contribution in [-0.2, 0) is 24.2 Å². The largest absolute Gasteiger partial charge is 0.355 e. The quantitative estimate of drug-likeness (QED) is 0.352. The molecule has 0 bridgehead atoms. The lowest BCUT2D eigenvalue weighted by atomic mass is 10.00. The lowest BCUT2D eigenvalue weighted by Gasteiger charge is -2.30. The zero-order valence-electron chi connectivity index (χ0n) is 22.9. The van der Waals surface area contributed by atoms with Crippen LogP contribution in [0.1, 0.15) is 44.4 Å². The number of carbonyl (C=O) groups is 1. The maximum Gasteiger partial charge on any atom is 0.224 e. The van der Waals surface area contributed by atoms with Crippen molar-refractivity contribution in [2.24, 2.45) is 0 Å². The van der Waals surface area contributed by atoms with E-state index in [0.717, 1.165) is 54.2 Å². The SMILES string of the molecule is CC(C)N(CCNC(=O)Cc1cn(-c2ccc(N3CCc4ccccc4C3)nn2)c2ccccc12)C(C)C. The Morgan fingerprint density at radius 3 is 2.34 bits per heavy atom. The van der Waals surface area contributed by atoms with E-state index in [4.69, 9.17) is 0 Å². The van der Waals surface area contributed by atoms with Crippen molar-refractivity contribution < 1.29 is 4.79 Å². The molecule has 0 fully saturated rings. The molecular formula is C31H38N6O. The summed E-state index contributed by atoms with van der Waals surface area (Å²) in [7, 11) is 0. The molecule has 4 aromatic rings. The highest BCUT2D eigenvalue weighted by molar-refractivity contribution is 5.90. The fourth-order valence-corrected chi connectivity index (χ4v) is 5.56. The van der Waals surface area contributed by atoms with Crippen molar-refractivity contribution >= 4 is 22.6 Å². The van der Waals surface area contributed by atoms with Gasteiger partial charge in [-0.25, -0.2) is 0 Å². The second kappa shape index (κ2) is 11.4. The van der Waals surface area contributed by atoms with E-state index in [9.17, 15) is 4.79 Å². The average molecular weight is 511 g/mol. The first-order valence-electron chi connectivity index (χ1n) is 13.7. The monoisotopic (exact) mass is 510 g/mol. The molecule has 0 aliphatic carbocycles. The minimum atomic E-state index is 0.0344. The number of anilines is 1. The number of hydrogen-bond donors (Lipinski definition) is 1. The van der Waals surface area contributed by atoms with Crippen LogP contribution in [0.25, 0.3) is 16.7 Å². The highest BCUT2D eigenvalue weighted by Crippen LogP contribution is 2.26. The molecule has 2 aromatic carbocycles. The standard InChI is InChI=1S/C31H38N6O/c1-22(2)36(23(3)4)18-16-32-31(38)19-26-21-37(28-12-8-7-11-27(26)28)30-14-13-29(33-34-30)35-17-15-24-9-5-6-10-25(24)20-35/h5-14,21-23H,15-20H2,1-4H3,(H,32,38). The van der Waals surface area contributed by atoms with E-state index in [0.29, 0.717) is 25.0 Å². The van der Waals surface area contributed by atoms with Crippen LogP contribution in [0.15, 0.2) is 66.9 Å². The second-order valence-electron chi connectivity index (χ2n) is 10.7. The molecule has 7 nitrogen and oxygen atoms in total. The van der Waals surface area contributed by atoms with E-state index in [1.807, 2.05) is 35.0 Å². The van der Waals surface area contributed by atoms with E-state index in [1.54, 1.807) is 0 Å². The maximum atomic E-state index is 12.9. The van der Waals surface area contributed by atoms with Crippen LogP contribution < -0.4 is 10.2 Å². The number of rotatable bonds is 9. The molecule has 198 valence electrons. The third-order valence-corrected chi connectivity index (χ3v) is 7.50. The molecule has 0 saturated heterocycles. The summed E-state index contributed by atoms with van der Waals surface area (Å²) < 4.78 is 2.04. The van der Waals surface area contributed by atoms with Gasteiger partial charge in [-0.05, 0) is 69.0 Å². The smallest absolute Gasteiger partial charge is 0.224 e. The lowest BCUT2D eigenvalue weighted by Crippen LogP contribution is -2.42. The molecule has 0 spiro atoms. The van der Waals surface area contributed by atoms with Gasteiger partial charge in [-0.1, -0.05) is 42.5 Å². The summed E-state index contributed by atoms with van der Waals surface area (Å²) in [5.74, 6) is 1.67. The van der Waals surface area contributed by atoms with E-state index in [2.05, 4.69) is 89.4 Å². The highest BCUT2D eigenvalue weighted by atomic mass is 16.1. The molecule has 7 heteroatoms. The zero-order valence-corrected chi connectivity index (χ0v) is 22.9. The molecule has 1 N–H and O–H groups in total. The number of nitrogens with zero attached hydrogens (tertiary/aromatic N) is 5. The first-order valence-corrected chi connectivity index (χ1v) is 13.7. The Hall–Kier alpha value is -3.71. The summed E-state index contributed by atoms with van der Waals surface area (Å²) >= 11 is 0. The van der Waals surface area contributed by atoms with Crippen LogP contribution in [0.4, 0.5) is 5.82 Å². The van der Waals surface area contributed by atoms with E-state index in [1.165, 1.54) is 11.1 Å². The first-order chi connectivity index (χ1) is 18.4.